The number of aromatic nitrogens is 2. The van der Waals surface area contributed by atoms with Gasteiger partial charge in [0, 0.05) is 0 Å². The third kappa shape index (κ3) is 3.08. The van der Waals surface area contributed by atoms with Crippen LogP contribution >= 0.6 is 34.5 Å². The molecular formula is C16H10Cl2N2O3S. The van der Waals surface area contributed by atoms with Crippen molar-refractivity contribution in [3.05, 3.63) is 60.4 Å². The molecule has 2 aromatic heterocycles. The number of nitrogens with one attached hydrogen (secondary N) is 1. The number of benzene rings is 1. The van der Waals surface area contributed by atoms with Crippen molar-refractivity contribution in [2.24, 2.45) is 0 Å². The second-order valence-electron chi connectivity index (χ2n) is 5.00. The molecule has 0 saturated heterocycles. The Kier molecular flexibility index (Phi) is 4.45. The number of carboxylic acids is 1. The molecule has 3 aromatic rings. The molecule has 0 atom stereocenters. The molecule has 8 heteroatoms. The minimum absolute atomic E-state index is 0.119. The van der Waals surface area contributed by atoms with Gasteiger partial charge in [0.15, 0.2) is 0 Å². The van der Waals surface area contributed by atoms with Crippen molar-refractivity contribution >= 4 is 62.9 Å². The maximum absolute atomic E-state index is 12.2. The van der Waals surface area contributed by atoms with Crippen molar-refractivity contribution < 1.29 is 9.90 Å². The van der Waals surface area contributed by atoms with Crippen LogP contribution in [0.5, 0.6) is 0 Å². The molecule has 0 spiro atoms. The molecule has 0 aliphatic heterocycles. The van der Waals surface area contributed by atoms with Crippen LogP contribution in [-0.2, 0) is 0 Å². The summed E-state index contributed by atoms with van der Waals surface area (Å²) in [4.78, 5) is 30.9. The molecule has 0 unspecified atom stereocenters. The van der Waals surface area contributed by atoms with Gasteiger partial charge < -0.3 is 10.1 Å². The Balaban J connectivity index is 2.04. The van der Waals surface area contributed by atoms with Crippen molar-refractivity contribution in [2.75, 3.05) is 0 Å². The number of thiophene rings is 1. The molecular weight excluding hydrogens is 371 g/mol. The molecule has 0 fully saturated rings. The minimum atomic E-state index is -1.07. The number of hydrogen-bond donors (Lipinski definition) is 2. The van der Waals surface area contributed by atoms with E-state index in [9.17, 15) is 9.59 Å². The van der Waals surface area contributed by atoms with E-state index in [0.717, 1.165) is 16.9 Å². The number of carboxylic acid groups (broad SMARTS) is 1. The molecule has 3 rings (SSSR count). The fourth-order valence-corrected chi connectivity index (χ4v) is 3.57. The van der Waals surface area contributed by atoms with Gasteiger partial charge in [-0.25, -0.2) is 9.78 Å². The van der Waals surface area contributed by atoms with Gasteiger partial charge in [-0.1, -0.05) is 35.3 Å². The van der Waals surface area contributed by atoms with E-state index in [1.165, 1.54) is 0 Å². The second-order valence-corrected chi connectivity index (χ2v) is 6.81. The summed E-state index contributed by atoms with van der Waals surface area (Å²) in [6.45, 7) is 1.60. The second kappa shape index (κ2) is 6.39. The highest BCUT2D eigenvalue weighted by molar-refractivity contribution is 7.20. The summed E-state index contributed by atoms with van der Waals surface area (Å²) in [6.07, 6.45) is 3.35. The molecule has 24 heavy (non-hydrogen) atoms. The first-order valence-electron chi connectivity index (χ1n) is 6.76. The van der Waals surface area contributed by atoms with Gasteiger partial charge in [0.2, 0.25) is 0 Å². The number of halogens is 2. The summed E-state index contributed by atoms with van der Waals surface area (Å²) in [5, 5.41) is 10.4. The number of nitrogens with zero attached hydrogens (tertiary/aromatic N) is 1. The molecule has 0 amide bonds. The van der Waals surface area contributed by atoms with Crippen LogP contribution in [-0.4, -0.2) is 21.0 Å². The van der Waals surface area contributed by atoms with E-state index in [1.807, 2.05) is 0 Å². The summed E-state index contributed by atoms with van der Waals surface area (Å²) < 4.78 is 0. The number of H-pyrrole nitrogens is 1. The number of fused-ring (bicyclic) bond motifs is 1. The van der Waals surface area contributed by atoms with Crippen molar-refractivity contribution in [1.82, 2.24) is 9.97 Å². The first-order chi connectivity index (χ1) is 11.4. The van der Waals surface area contributed by atoms with E-state index in [4.69, 9.17) is 28.3 Å². The van der Waals surface area contributed by atoms with Gasteiger partial charge in [-0.2, -0.15) is 0 Å². The normalized spacial score (nSPS) is 11.5. The van der Waals surface area contributed by atoms with Gasteiger partial charge in [0.25, 0.3) is 5.56 Å². The third-order valence-corrected chi connectivity index (χ3v) is 5.30. The summed E-state index contributed by atoms with van der Waals surface area (Å²) in [5.41, 5.74) is 0.854. The molecule has 0 saturated carbocycles. The van der Waals surface area contributed by atoms with E-state index in [-0.39, 0.29) is 10.4 Å². The number of aromatic amines is 1. The van der Waals surface area contributed by atoms with Gasteiger partial charge >= 0.3 is 5.97 Å². The standard InChI is InChI=1S/C16H10Cl2N2O3S/c1-7-12-14(21)19-11(20-15(12)24-13(7)16(22)23)5-3-8-2-4-9(17)10(18)6-8/h2-6H,1H3,(H,22,23)(H,19,20,21)/b5-3+. The first-order valence-corrected chi connectivity index (χ1v) is 8.34. The van der Waals surface area contributed by atoms with Crippen LogP contribution in [0.15, 0.2) is 23.0 Å². The topological polar surface area (TPSA) is 83.0 Å². The summed E-state index contributed by atoms with van der Waals surface area (Å²) in [6, 6.07) is 5.14. The molecule has 1 aromatic carbocycles. The fraction of sp³-hybridized carbons (Fsp3) is 0.0625. The highest BCUT2D eigenvalue weighted by atomic mass is 35.5. The lowest BCUT2D eigenvalue weighted by molar-refractivity contribution is 0.0701. The lowest BCUT2D eigenvalue weighted by Gasteiger charge is -1.98. The van der Waals surface area contributed by atoms with Gasteiger partial charge in [-0.05, 0) is 36.3 Å². The number of rotatable bonds is 3. The third-order valence-electron chi connectivity index (χ3n) is 3.39. The van der Waals surface area contributed by atoms with Crippen LogP contribution in [0.2, 0.25) is 10.0 Å². The predicted octanol–water partition coefficient (Wildman–Crippen LogP) is 4.47. The zero-order valence-corrected chi connectivity index (χ0v) is 14.6. The SMILES string of the molecule is Cc1c(C(=O)O)sc2nc(/C=C/c3ccc(Cl)c(Cl)c3)[nH]c(=O)c12. The van der Waals surface area contributed by atoms with Crippen LogP contribution in [0.1, 0.15) is 26.6 Å². The number of carbonyl (C=O) groups is 1. The Morgan fingerprint density at radius 1 is 1.29 bits per heavy atom. The summed E-state index contributed by atoms with van der Waals surface area (Å²) in [5.74, 6) is -0.737. The Morgan fingerprint density at radius 3 is 2.71 bits per heavy atom. The van der Waals surface area contributed by atoms with Crippen LogP contribution < -0.4 is 5.56 Å². The molecule has 5 nitrogen and oxygen atoms in total. The Hall–Kier alpha value is -2.15. The van der Waals surface area contributed by atoms with E-state index < -0.39 is 5.97 Å². The maximum atomic E-state index is 12.2. The smallest absolute Gasteiger partial charge is 0.346 e. The van der Waals surface area contributed by atoms with Gasteiger partial charge in [0.05, 0.1) is 15.4 Å². The van der Waals surface area contributed by atoms with Gasteiger partial charge in [0.1, 0.15) is 15.5 Å². The zero-order chi connectivity index (χ0) is 17.4. The maximum Gasteiger partial charge on any atom is 0.346 e. The van der Waals surface area contributed by atoms with E-state index in [0.29, 0.717) is 31.6 Å². The Bertz CT molecular complexity index is 1050. The zero-order valence-electron chi connectivity index (χ0n) is 12.3. The van der Waals surface area contributed by atoms with Crippen LogP contribution in [0.4, 0.5) is 0 Å². The first kappa shape index (κ1) is 16.7. The highest BCUT2D eigenvalue weighted by Crippen LogP contribution is 2.27. The van der Waals surface area contributed by atoms with Crippen molar-refractivity contribution in [3.63, 3.8) is 0 Å². The Labute approximate surface area is 150 Å². The number of aromatic carboxylic acids is 1. The monoisotopic (exact) mass is 380 g/mol. The molecule has 0 aliphatic rings. The van der Waals surface area contributed by atoms with E-state index >= 15 is 0 Å². The number of hydrogen-bond acceptors (Lipinski definition) is 4. The molecule has 0 aliphatic carbocycles. The molecule has 122 valence electrons. The summed E-state index contributed by atoms with van der Waals surface area (Å²) in [7, 11) is 0. The quantitative estimate of drug-likeness (QED) is 0.701. The van der Waals surface area contributed by atoms with Crippen LogP contribution in [0, 0.1) is 6.92 Å². The van der Waals surface area contributed by atoms with Crippen molar-refractivity contribution in [1.29, 1.82) is 0 Å². The van der Waals surface area contributed by atoms with Crippen molar-refractivity contribution in [3.8, 4) is 0 Å². The number of aryl methyl sites for hydroxylation is 1. The average molecular weight is 381 g/mol. The van der Waals surface area contributed by atoms with Crippen LogP contribution in [0.25, 0.3) is 22.4 Å². The van der Waals surface area contributed by atoms with E-state index in [1.54, 1.807) is 37.3 Å². The van der Waals surface area contributed by atoms with Gasteiger partial charge in [-0.3, -0.25) is 4.79 Å². The predicted molar refractivity (Wildman–Crippen MR) is 97.3 cm³/mol. The molecule has 2 heterocycles. The lowest BCUT2D eigenvalue weighted by Crippen LogP contribution is -2.09. The van der Waals surface area contributed by atoms with Crippen molar-refractivity contribution in [2.45, 2.75) is 6.92 Å². The fourth-order valence-electron chi connectivity index (χ4n) is 2.23. The van der Waals surface area contributed by atoms with E-state index in [2.05, 4.69) is 9.97 Å². The minimum Gasteiger partial charge on any atom is -0.477 e. The van der Waals surface area contributed by atoms with Crippen LogP contribution in [0.3, 0.4) is 0 Å². The highest BCUT2D eigenvalue weighted by Gasteiger charge is 2.18. The Morgan fingerprint density at radius 2 is 2.04 bits per heavy atom. The molecule has 0 bridgehead atoms. The lowest BCUT2D eigenvalue weighted by atomic mass is 10.2. The average Bonchev–Trinajstić information content (AvgIpc) is 2.86. The summed E-state index contributed by atoms with van der Waals surface area (Å²) >= 11 is 12.8. The largest absolute Gasteiger partial charge is 0.477 e. The molecule has 2 N–H and O–H groups in total. The molecule has 0 radical (unpaired) electrons. The van der Waals surface area contributed by atoms with Gasteiger partial charge in [-0.15, -0.1) is 11.3 Å².